The van der Waals surface area contributed by atoms with Crippen LogP contribution in [0.3, 0.4) is 0 Å². The van der Waals surface area contributed by atoms with Gasteiger partial charge in [-0.3, -0.25) is 4.98 Å². The van der Waals surface area contributed by atoms with Crippen LogP contribution >= 0.6 is 23.1 Å². The molecule has 0 N–H and O–H groups in total. The minimum atomic E-state index is -3.81. The first kappa shape index (κ1) is 15.0. The van der Waals surface area contributed by atoms with Gasteiger partial charge in [0, 0.05) is 29.7 Å². The van der Waals surface area contributed by atoms with Gasteiger partial charge in [0.25, 0.3) is 10.0 Å². The number of benzene rings is 1. The summed E-state index contributed by atoms with van der Waals surface area (Å²) in [6.45, 7) is 0. The minimum absolute atomic E-state index is 0.147. The van der Waals surface area contributed by atoms with Gasteiger partial charge < -0.3 is 0 Å². The van der Waals surface area contributed by atoms with E-state index in [0.29, 0.717) is 5.69 Å². The standard InChI is InChI=1S/C15H11ClN2O2S2/c16-18(22(19,20)13-6-2-1-3-7-13)14-8-10-21-15(14)12-5-4-9-17-11-12/h1-11H. The molecule has 0 saturated heterocycles. The third-order valence-electron chi connectivity index (χ3n) is 3.01. The van der Waals surface area contributed by atoms with E-state index in [9.17, 15) is 8.42 Å². The number of sulfonamides is 1. The minimum Gasteiger partial charge on any atom is -0.264 e. The van der Waals surface area contributed by atoms with E-state index >= 15 is 0 Å². The number of halogens is 1. The fourth-order valence-corrected chi connectivity index (χ4v) is 4.42. The molecular weight excluding hydrogens is 340 g/mol. The molecule has 22 heavy (non-hydrogen) atoms. The van der Waals surface area contributed by atoms with Crippen LogP contribution in [0, 0.1) is 0 Å². The van der Waals surface area contributed by atoms with E-state index < -0.39 is 10.0 Å². The smallest absolute Gasteiger partial charge is 0.264 e. The molecule has 0 aliphatic rings. The van der Waals surface area contributed by atoms with Crippen molar-refractivity contribution in [1.29, 1.82) is 0 Å². The molecule has 0 atom stereocenters. The Morgan fingerprint density at radius 1 is 1.05 bits per heavy atom. The normalized spacial score (nSPS) is 11.3. The molecule has 3 rings (SSSR count). The molecule has 1 aromatic carbocycles. The maximum Gasteiger partial charge on any atom is 0.278 e. The van der Waals surface area contributed by atoms with Gasteiger partial charge in [0.15, 0.2) is 0 Å². The Morgan fingerprint density at radius 2 is 1.82 bits per heavy atom. The monoisotopic (exact) mass is 350 g/mol. The van der Waals surface area contributed by atoms with Crippen LogP contribution in [-0.2, 0) is 10.0 Å². The van der Waals surface area contributed by atoms with E-state index in [-0.39, 0.29) is 4.90 Å². The summed E-state index contributed by atoms with van der Waals surface area (Å²) < 4.78 is 26.0. The number of anilines is 1. The largest absolute Gasteiger partial charge is 0.278 e. The molecule has 3 aromatic rings. The van der Waals surface area contributed by atoms with E-state index in [1.54, 1.807) is 48.1 Å². The second kappa shape index (κ2) is 6.08. The van der Waals surface area contributed by atoms with Gasteiger partial charge in [-0.2, -0.15) is 12.2 Å². The molecule has 0 radical (unpaired) electrons. The third kappa shape index (κ3) is 2.72. The van der Waals surface area contributed by atoms with Crippen molar-refractivity contribution in [2.45, 2.75) is 4.90 Å². The highest BCUT2D eigenvalue weighted by molar-refractivity contribution is 7.94. The second-order valence-electron chi connectivity index (χ2n) is 4.41. The topological polar surface area (TPSA) is 50.3 Å². The fraction of sp³-hybridized carbons (Fsp3) is 0. The zero-order valence-electron chi connectivity index (χ0n) is 11.3. The molecule has 0 bridgehead atoms. The molecule has 0 amide bonds. The van der Waals surface area contributed by atoms with Crippen molar-refractivity contribution in [3.05, 3.63) is 66.3 Å². The lowest BCUT2D eigenvalue weighted by Crippen LogP contribution is -2.21. The Morgan fingerprint density at radius 3 is 2.50 bits per heavy atom. The van der Waals surface area contributed by atoms with Crippen molar-refractivity contribution < 1.29 is 8.42 Å². The molecule has 7 heteroatoms. The molecule has 0 fully saturated rings. The molecule has 0 saturated carbocycles. The van der Waals surface area contributed by atoms with Gasteiger partial charge in [0.2, 0.25) is 0 Å². The zero-order valence-corrected chi connectivity index (χ0v) is 13.6. The first-order valence-corrected chi connectivity index (χ1v) is 9.00. The average Bonchev–Trinajstić information content (AvgIpc) is 3.05. The molecule has 0 aliphatic carbocycles. The number of nitrogens with zero attached hydrogens (tertiary/aromatic N) is 2. The van der Waals surface area contributed by atoms with E-state index in [1.807, 2.05) is 6.07 Å². The predicted octanol–water partition coefficient (Wildman–Crippen LogP) is 4.16. The number of pyridine rings is 1. The van der Waals surface area contributed by atoms with Crippen molar-refractivity contribution in [2.24, 2.45) is 0 Å². The van der Waals surface area contributed by atoms with Crippen LogP contribution < -0.4 is 3.82 Å². The Kier molecular flexibility index (Phi) is 4.15. The van der Waals surface area contributed by atoms with Gasteiger partial charge in [-0.1, -0.05) is 24.3 Å². The molecular formula is C15H11ClN2O2S2. The van der Waals surface area contributed by atoms with E-state index in [1.165, 1.54) is 23.5 Å². The molecule has 0 aliphatic heterocycles. The summed E-state index contributed by atoms with van der Waals surface area (Å²) in [5.41, 5.74) is 1.24. The SMILES string of the molecule is O=S(=O)(c1ccccc1)N(Cl)c1ccsc1-c1cccnc1. The fourth-order valence-electron chi connectivity index (χ4n) is 1.97. The van der Waals surface area contributed by atoms with Crippen LogP contribution in [-0.4, -0.2) is 13.4 Å². The lowest BCUT2D eigenvalue weighted by molar-refractivity contribution is 0.598. The maximum atomic E-state index is 12.6. The first-order chi connectivity index (χ1) is 10.6. The Hall–Kier alpha value is -1.89. The summed E-state index contributed by atoms with van der Waals surface area (Å²) in [4.78, 5) is 4.96. The predicted molar refractivity (Wildman–Crippen MR) is 89.5 cm³/mol. The van der Waals surface area contributed by atoms with Crippen LogP contribution in [0.5, 0.6) is 0 Å². The number of hydrogen-bond acceptors (Lipinski definition) is 4. The van der Waals surface area contributed by atoms with Gasteiger partial charge in [-0.05, 0) is 29.6 Å². The van der Waals surface area contributed by atoms with Crippen LogP contribution in [0.2, 0.25) is 0 Å². The average molecular weight is 351 g/mol. The van der Waals surface area contributed by atoms with Crippen molar-refractivity contribution >= 4 is 38.8 Å². The first-order valence-electron chi connectivity index (χ1n) is 6.35. The summed E-state index contributed by atoms with van der Waals surface area (Å²) in [6, 6.07) is 13.4. The molecule has 0 spiro atoms. The van der Waals surface area contributed by atoms with Gasteiger partial charge in [-0.15, -0.1) is 11.3 Å². The van der Waals surface area contributed by atoms with Gasteiger partial charge in [0.1, 0.15) is 0 Å². The van der Waals surface area contributed by atoms with Crippen LogP contribution in [0.4, 0.5) is 5.69 Å². The van der Waals surface area contributed by atoms with E-state index in [0.717, 1.165) is 14.3 Å². The van der Waals surface area contributed by atoms with E-state index in [4.69, 9.17) is 11.8 Å². The van der Waals surface area contributed by atoms with Gasteiger partial charge >= 0.3 is 0 Å². The van der Waals surface area contributed by atoms with Crippen molar-refractivity contribution in [1.82, 2.24) is 4.98 Å². The Balaban J connectivity index is 2.04. The number of rotatable bonds is 4. The van der Waals surface area contributed by atoms with Gasteiger partial charge in [0.05, 0.1) is 15.5 Å². The quantitative estimate of drug-likeness (QED) is 0.664. The number of thiophene rings is 1. The van der Waals surface area contributed by atoms with Crippen LogP contribution in [0.15, 0.2) is 71.2 Å². The highest BCUT2D eigenvalue weighted by Crippen LogP contribution is 2.39. The van der Waals surface area contributed by atoms with Crippen molar-refractivity contribution in [3.63, 3.8) is 0 Å². The summed E-state index contributed by atoms with van der Waals surface area (Å²) >= 11 is 7.57. The molecule has 0 unspecified atom stereocenters. The summed E-state index contributed by atoms with van der Waals surface area (Å²) in [5.74, 6) is 0. The highest BCUT2D eigenvalue weighted by atomic mass is 35.5. The number of aromatic nitrogens is 1. The summed E-state index contributed by atoms with van der Waals surface area (Å²) in [7, 11) is -3.81. The summed E-state index contributed by atoms with van der Waals surface area (Å²) in [5, 5.41) is 1.80. The third-order valence-corrected chi connectivity index (χ3v) is 6.18. The molecule has 112 valence electrons. The molecule has 2 heterocycles. The van der Waals surface area contributed by atoms with E-state index in [2.05, 4.69) is 4.98 Å². The Bertz CT molecular complexity index is 865. The maximum absolute atomic E-state index is 12.6. The molecule has 2 aromatic heterocycles. The van der Waals surface area contributed by atoms with Gasteiger partial charge in [-0.25, -0.2) is 0 Å². The lowest BCUT2D eigenvalue weighted by Gasteiger charge is -2.16. The highest BCUT2D eigenvalue weighted by Gasteiger charge is 2.26. The zero-order chi connectivity index (χ0) is 15.6. The second-order valence-corrected chi connectivity index (χ2v) is 7.65. The summed E-state index contributed by atoms with van der Waals surface area (Å²) in [6.07, 6.45) is 3.34. The van der Waals surface area contributed by atoms with Crippen molar-refractivity contribution in [2.75, 3.05) is 3.82 Å². The Labute approximate surface area is 137 Å². The van der Waals surface area contributed by atoms with Crippen LogP contribution in [0.1, 0.15) is 0 Å². The lowest BCUT2D eigenvalue weighted by atomic mass is 10.2. The number of hydrogen-bond donors (Lipinski definition) is 0. The molecule has 4 nitrogen and oxygen atoms in total. The van der Waals surface area contributed by atoms with Crippen molar-refractivity contribution in [3.8, 4) is 10.4 Å². The van der Waals surface area contributed by atoms with Crippen LogP contribution in [0.25, 0.3) is 10.4 Å².